The summed E-state index contributed by atoms with van der Waals surface area (Å²) in [5, 5.41) is 2.96. The molecule has 0 aromatic heterocycles. The van der Waals surface area contributed by atoms with Crippen molar-refractivity contribution < 1.29 is 9.59 Å². The molecular formula is C24H29N3O2. The molecule has 0 bridgehead atoms. The normalized spacial score (nSPS) is 17.1. The molecule has 1 N–H and O–H groups in total. The minimum Gasteiger partial charge on any atom is -0.322 e. The van der Waals surface area contributed by atoms with Crippen LogP contribution < -0.4 is 10.2 Å². The number of benzene rings is 2. The monoisotopic (exact) mass is 391 g/mol. The molecule has 152 valence electrons. The molecule has 0 spiro atoms. The van der Waals surface area contributed by atoms with Crippen LogP contribution in [0.15, 0.2) is 48.5 Å². The van der Waals surface area contributed by atoms with Crippen molar-refractivity contribution in [3.05, 3.63) is 59.7 Å². The first-order valence-corrected chi connectivity index (χ1v) is 10.7. The van der Waals surface area contributed by atoms with Gasteiger partial charge in [0.15, 0.2) is 0 Å². The molecule has 2 aliphatic heterocycles. The summed E-state index contributed by atoms with van der Waals surface area (Å²) in [6, 6.07) is 15.4. The minimum atomic E-state index is -0.153. The summed E-state index contributed by atoms with van der Waals surface area (Å²) >= 11 is 0. The predicted molar refractivity (Wildman–Crippen MR) is 116 cm³/mol. The molecule has 2 fully saturated rings. The predicted octanol–water partition coefficient (Wildman–Crippen LogP) is 4.09. The number of nitrogens with one attached hydrogen (secondary N) is 1. The average molecular weight is 392 g/mol. The van der Waals surface area contributed by atoms with Crippen molar-refractivity contribution in [1.29, 1.82) is 0 Å². The zero-order valence-corrected chi connectivity index (χ0v) is 16.9. The second-order valence-corrected chi connectivity index (χ2v) is 8.00. The molecule has 0 unspecified atom stereocenters. The molecular weight excluding hydrogens is 362 g/mol. The number of likely N-dealkylation sites (tertiary alicyclic amines) is 1. The first kappa shape index (κ1) is 19.6. The first-order valence-electron chi connectivity index (χ1n) is 10.7. The summed E-state index contributed by atoms with van der Waals surface area (Å²) in [6.07, 6.45) is 6.38. The largest absolute Gasteiger partial charge is 0.322 e. The second kappa shape index (κ2) is 9.23. The van der Waals surface area contributed by atoms with Crippen molar-refractivity contribution >= 4 is 23.2 Å². The van der Waals surface area contributed by atoms with Crippen LogP contribution in [0.25, 0.3) is 0 Å². The van der Waals surface area contributed by atoms with Gasteiger partial charge in [-0.2, -0.15) is 0 Å². The van der Waals surface area contributed by atoms with Crippen LogP contribution in [0, 0.1) is 0 Å². The van der Waals surface area contributed by atoms with E-state index in [-0.39, 0.29) is 11.8 Å². The number of carbonyl (C=O) groups is 2. The lowest BCUT2D eigenvalue weighted by molar-refractivity contribution is -0.117. The molecule has 0 aliphatic carbocycles. The summed E-state index contributed by atoms with van der Waals surface area (Å²) < 4.78 is 0. The lowest BCUT2D eigenvalue weighted by Crippen LogP contribution is -2.24. The van der Waals surface area contributed by atoms with Crippen LogP contribution in [0.3, 0.4) is 0 Å². The molecule has 2 saturated heterocycles. The van der Waals surface area contributed by atoms with E-state index in [4.69, 9.17) is 0 Å². The van der Waals surface area contributed by atoms with Crippen molar-refractivity contribution in [3.8, 4) is 0 Å². The molecule has 0 atom stereocenters. The zero-order valence-electron chi connectivity index (χ0n) is 16.9. The standard InChI is InChI=1S/C24H29N3O2/c28-23-9-5-17-27(23)22-8-3-7-20(18-22)24(29)25-21-12-10-19(11-13-21)6-4-16-26-14-1-2-15-26/h3,7-8,10-13,18H,1-2,4-6,9,14-17H2,(H,25,29). The molecule has 2 amide bonds. The van der Waals surface area contributed by atoms with Gasteiger partial charge in [0, 0.05) is 29.9 Å². The van der Waals surface area contributed by atoms with Crippen molar-refractivity contribution in [3.63, 3.8) is 0 Å². The quantitative estimate of drug-likeness (QED) is 0.773. The molecule has 2 aromatic carbocycles. The number of hydrogen-bond acceptors (Lipinski definition) is 3. The van der Waals surface area contributed by atoms with Gasteiger partial charge in [-0.1, -0.05) is 18.2 Å². The lowest BCUT2D eigenvalue weighted by atomic mass is 10.1. The summed E-state index contributed by atoms with van der Waals surface area (Å²) in [6.45, 7) is 4.40. The van der Waals surface area contributed by atoms with E-state index in [9.17, 15) is 9.59 Å². The molecule has 2 heterocycles. The van der Waals surface area contributed by atoms with Crippen LogP contribution in [0.4, 0.5) is 11.4 Å². The van der Waals surface area contributed by atoms with Crippen LogP contribution >= 0.6 is 0 Å². The van der Waals surface area contributed by atoms with E-state index >= 15 is 0 Å². The molecule has 2 aliphatic rings. The second-order valence-electron chi connectivity index (χ2n) is 8.00. The maximum absolute atomic E-state index is 12.6. The molecule has 5 nitrogen and oxygen atoms in total. The minimum absolute atomic E-state index is 0.128. The molecule has 2 aromatic rings. The lowest BCUT2D eigenvalue weighted by Gasteiger charge is -2.16. The van der Waals surface area contributed by atoms with E-state index < -0.39 is 0 Å². The van der Waals surface area contributed by atoms with Gasteiger partial charge in [0.1, 0.15) is 0 Å². The Morgan fingerprint density at radius 1 is 0.966 bits per heavy atom. The highest BCUT2D eigenvalue weighted by atomic mass is 16.2. The number of rotatable bonds is 7. The topological polar surface area (TPSA) is 52.7 Å². The van der Waals surface area contributed by atoms with E-state index in [1.54, 1.807) is 17.0 Å². The highest BCUT2D eigenvalue weighted by Crippen LogP contribution is 2.23. The van der Waals surface area contributed by atoms with Crippen molar-refractivity contribution in [2.45, 2.75) is 38.5 Å². The van der Waals surface area contributed by atoms with E-state index in [1.165, 1.54) is 44.5 Å². The maximum Gasteiger partial charge on any atom is 0.255 e. The van der Waals surface area contributed by atoms with Crippen LogP contribution in [0.1, 0.15) is 48.0 Å². The summed E-state index contributed by atoms with van der Waals surface area (Å²) in [4.78, 5) is 28.9. The summed E-state index contributed by atoms with van der Waals surface area (Å²) in [7, 11) is 0. The molecule has 0 radical (unpaired) electrons. The highest BCUT2D eigenvalue weighted by Gasteiger charge is 2.22. The van der Waals surface area contributed by atoms with Gasteiger partial charge in [-0.15, -0.1) is 0 Å². The summed E-state index contributed by atoms with van der Waals surface area (Å²) in [5.41, 5.74) is 3.46. The fourth-order valence-corrected chi connectivity index (χ4v) is 4.21. The number of hydrogen-bond donors (Lipinski definition) is 1. The number of amides is 2. The van der Waals surface area contributed by atoms with Crippen molar-refractivity contribution in [2.24, 2.45) is 0 Å². The Bertz CT molecular complexity index is 857. The smallest absolute Gasteiger partial charge is 0.255 e. The van der Waals surface area contributed by atoms with Crippen LogP contribution in [0.5, 0.6) is 0 Å². The van der Waals surface area contributed by atoms with Gasteiger partial charge in [-0.05, 0) is 87.6 Å². The Morgan fingerprint density at radius 3 is 2.48 bits per heavy atom. The third-order valence-electron chi connectivity index (χ3n) is 5.84. The summed E-state index contributed by atoms with van der Waals surface area (Å²) in [5.74, 6) is -0.0249. The Kier molecular flexibility index (Phi) is 6.25. The number of carbonyl (C=O) groups excluding carboxylic acids is 2. The van der Waals surface area contributed by atoms with E-state index in [2.05, 4.69) is 22.3 Å². The Balaban J connectivity index is 1.31. The Hall–Kier alpha value is -2.66. The zero-order chi connectivity index (χ0) is 20.1. The fraction of sp³-hybridized carbons (Fsp3) is 0.417. The van der Waals surface area contributed by atoms with E-state index in [1.807, 2.05) is 24.3 Å². The van der Waals surface area contributed by atoms with Crippen LogP contribution in [-0.4, -0.2) is 42.9 Å². The van der Waals surface area contributed by atoms with Gasteiger partial charge in [0.2, 0.25) is 5.91 Å². The van der Waals surface area contributed by atoms with E-state index in [0.29, 0.717) is 12.0 Å². The first-order chi connectivity index (χ1) is 14.2. The molecule has 29 heavy (non-hydrogen) atoms. The SMILES string of the molecule is O=C(Nc1ccc(CCCN2CCCC2)cc1)c1cccc(N2CCCC2=O)c1. The molecule has 4 rings (SSSR count). The van der Waals surface area contributed by atoms with Gasteiger partial charge in [-0.25, -0.2) is 0 Å². The molecule has 5 heteroatoms. The molecule has 0 saturated carbocycles. The van der Waals surface area contributed by atoms with Crippen molar-refractivity contribution in [2.75, 3.05) is 36.4 Å². The average Bonchev–Trinajstić information content (AvgIpc) is 3.41. The van der Waals surface area contributed by atoms with Crippen molar-refractivity contribution in [1.82, 2.24) is 4.90 Å². The number of anilines is 2. The fourth-order valence-electron chi connectivity index (χ4n) is 4.21. The Morgan fingerprint density at radius 2 is 1.76 bits per heavy atom. The van der Waals surface area contributed by atoms with Crippen LogP contribution in [-0.2, 0) is 11.2 Å². The van der Waals surface area contributed by atoms with Gasteiger partial charge in [-0.3, -0.25) is 9.59 Å². The third kappa shape index (κ3) is 5.04. The number of nitrogens with zero attached hydrogens (tertiary/aromatic N) is 2. The highest BCUT2D eigenvalue weighted by molar-refractivity contribution is 6.05. The Labute approximate surface area is 172 Å². The van der Waals surface area contributed by atoms with E-state index in [0.717, 1.165) is 30.8 Å². The van der Waals surface area contributed by atoms with Gasteiger partial charge in [0.25, 0.3) is 5.91 Å². The van der Waals surface area contributed by atoms with Gasteiger partial charge >= 0.3 is 0 Å². The van der Waals surface area contributed by atoms with Gasteiger partial charge < -0.3 is 15.1 Å². The third-order valence-corrected chi connectivity index (χ3v) is 5.84. The number of aryl methyl sites for hydroxylation is 1. The van der Waals surface area contributed by atoms with Gasteiger partial charge in [0.05, 0.1) is 0 Å². The maximum atomic E-state index is 12.6. The van der Waals surface area contributed by atoms with Crippen LogP contribution in [0.2, 0.25) is 0 Å².